The molecule has 0 radical (unpaired) electrons. The molecular weight excluding hydrogens is 905 g/mol. The minimum Gasteiger partial charge on any atom is -0.457 e. The fourth-order valence-corrected chi connectivity index (χ4v) is 12.2. The summed E-state index contributed by atoms with van der Waals surface area (Å²) in [6, 6.07) is 41.1. The summed E-state index contributed by atoms with van der Waals surface area (Å²) in [5.41, 5.74) is 43.4. The van der Waals surface area contributed by atoms with Crippen molar-refractivity contribution in [2.75, 3.05) is 50.1 Å². The van der Waals surface area contributed by atoms with Crippen LogP contribution in [0.1, 0.15) is 113 Å². The van der Waals surface area contributed by atoms with E-state index in [0.29, 0.717) is 68.7 Å². The Bertz CT molecular complexity index is 3000. The Balaban J connectivity index is 1.27. The maximum Gasteiger partial charge on any atom is 0.230 e. The van der Waals surface area contributed by atoms with Crippen LogP contribution < -0.4 is 60.8 Å². The van der Waals surface area contributed by atoms with Crippen molar-refractivity contribution in [2.24, 2.45) is 0 Å². The quantitative estimate of drug-likeness (QED) is 0.123. The van der Waals surface area contributed by atoms with Gasteiger partial charge in [0.2, 0.25) is 27.2 Å². The minimum absolute atomic E-state index is 0.0963. The highest BCUT2D eigenvalue weighted by Crippen LogP contribution is 2.59. The minimum atomic E-state index is -0.496. The molecule has 8 aromatic rings. The zero-order valence-electron chi connectivity index (χ0n) is 40.3. The van der Waals surface area contributed by atoms with Gasteiger partial charge in [0.15, 0.2) is 0 Å². The van der Waals surface area contributed by atoms with Crippen LogP contribution in [0.3, 0.4) is 0 Å². The number of hydrogen-bond donors (Lipinski definition) is 4. The molecule has 0 saturated heterocycles. The summed E-state index contributed by atoms with van der Waals surface area (Å²) in [7, 11) is 0. The molecule has 8 aromatic carbocycles. The fraction of sp³-hybridized carbons (Fsp3) is 0.200. The molecule has 12 heteroatoms. The van der Waals surface area contributed by atoms with Gasteiger partial charge >= 0.3 is 0 Å². The number of benzene rings is 8. The van der Waals surface area contributed by atoms with Crippen LogP contribution in [0, 0.1) is 27.7 Å². The van der Waals surface area contributed by atoms with Gasteiger partial charge in [0.25, 0.3) is 0 Å². The molecule has 0 saturated carbocycles. The molecule has 72 heavy (non-hydrogen) atoms. The SMILES string of the molecule is Cc1c2c3cc4c1OCOc1c(cc5c(c1C)OCOc1c(cc6c(c1C)OCOc1c(cc(c(c1C)OCO2)C3c1cccc(N)c1)C6c1cccc(N)c1)C5c1cccc(N)c1)C4c1cccc(N)c1. The van der Waals surface area contributed by atoms with E-state index in [9.17, 15) is 0 Å². The van der Waals surface area contributed by atoms with Crippen LogP contribution in [-0.4, -0.2) is 27.2 Å². The van der Waals surface area contributed by atoms with Crippen LogP contribution in [0.25, 0.3) is 0 Å². The Morgan fingerprint density at radius 3 is 0.625 bits per heavy atom. The van der Waals surface area contributed by atoms with Crippen LogP contribution in [0.4, 0.5) is 22.7 Å². The molecule has 0 aromatic heterocycles. The van der Waals surface area contributed by atoms with Crippen molar-refractivity contribution in [1.29, 1.82) is 0 Å². The van der Waals surface area contributed by atoms with Gasteiger partial charge in [-0.2, -0.15) is 0 Å². The summed E-state index contributed by atoms with van der Waals surface area (Å²) in [4.78, 5) is 0. The Morgan fingerprint density at radius 1 is 0.278 bits per heavy atom. The first kappa shape index (κ1) is 43.4. The van der Waals surface area contributed by atoms with Crippen LogP contribution in [0.2, 0.25) is 0 Å². The molecule has 0 spiro atoms. The second-order valence-electron chi connectivity index (χ2n) is 19.4. The van der Waals surface area contributed by atoms with E-state index in [1.54, 1.807) is 0 Å². The molecule has 0 atom stereocenters. The van der Waals surface area contributed by atoms with Gasteiger partial charge in [-0.05, 0) is 123 Å². The summed E-state index contributed by atoms with van der Waals surface area (Å²) in [6.07, 6.45) is 0. The Hall–Kier alpha value is -8.64. The first-order chi connectivity index (χ1) is 35.0. The Kier molecular flexibility index (Phi) is 9.93. The van der Waals surface area contributed by atoms with Crippen molar-refractivity contribution < 1.29 is 37.9 Å². The number of rotatable bonds is 4. The smallest absolute Gasteiger partial charge is 0.230 e. The van der Waals surface area contributed by atoms with E-state index in [2.05, 4.69) is 48.5 Å². The lowest BCUT2D eigenvalue weighted by Gasteiger charge is -2.37. The number of ether oxygens (including phenoxy) is 8. The number of nitrogen functional groups attached to an aromatic ring is 4. The maximum atomic E-state index is 6.83. The largest absolute Gasteiger partial charge is 0.457 e. The van der Waals surface area contributed by atoms with Crippen LogP contribution in [0.5, 0.6) is 46.0 Å². The monoisotopic (exact) mass is 956 g/mol. The molecule has 4 aliphatic heterocycles. The average Bonchev–Trinajstić information content (AvgIpc) is 3.33. The molecule has 5 aliphatic rings. The summed E-state index contributed by atoms with van der Waals surface area (Å²) in [5.74, 6) is 3.05. The normalized spacial score (nSPS) is 18.6. The third-order valence-electron chi connectivity index (χ3n) is 15.2. The van der Waals surface area contributed by atoms with E-state index >= 15 is 0 Å². The molecule has 12 nitrogen and oxygen atoms in total. The molecular formula is C60H52N4O8. The predicted molar refractivity (Wildman–Crippen MR) is 276 cm³/mol. The highest BCUT2D eigenvalue weighted by molar-refractivity contribution is 5.74. The standard InChI is InChI=1S/C60H52N4O8/c1-29-53-41-21-42-50(34-10-6-14-38(62)18-34)44-23-46-52(36-12-8-16-40(64)20-36)48-24-47-51(35-11-7-15-39(63)19-35)45-22-43(49(41)33-9-5-13-37(61)17-33)55(67-25-65-53)30(2)57(45)69-27-71-59(47)32(4)60(48)72-28-70-58(46)31(3)56(44)68-26-66-54(29)42/h5-24,49-52H,25-28,61-64H2,1-4H3. The van der Waals surface area contributed by atoms with Gasteiger partial charge < -0.3 is 60.8 Å². The molecule has 8 N–H and O–H groups in total. The Morgan fingerprint density at radius 2 is 0.458 bits per heavy atom. The summed E-state index contributed by atoms with van der Waals surface area (Å²) in [6.45, 7) is 7.77. The maximum absolute atomic E-state index is 6.83. The predicted octanol–water partition coefficient (Wildman–Crippen LogP) is 11.2. The van der Waals surface area contributed by atoms with Crippen molar-refractivity contribution in [2.45, 2.75) is 51.4 Å². The fourth-order valence-electron chi connectivity index (χ4n) is 12.2. The van der Waals surface area contributed by atoms with Crippen molar-refractivity contribution in [3.8, 4) is 46.0 Å². The lowest BCUT2D eigenvalue weighted by Crippen LogP contribution is -2.25. The molecule has 4 heterocycles. The summed E-state index contributed by atoms with van der Waals surface area (Å²) >= 11 is 0. The molecule has 360 valence electrons. The van der Waals surface area contributed by atoms with Gasteiger partial charge in [-0.25, -0.2) is 0 Å². The second-order valence-corrected chi connectivity index (χ2v) is 19.4. The van der Waals surface area contributed by atoms with E-state index in [-0.39, 0.29) is 27.2 Å². The van der Waals surface area contributed by atoms with Gasteiger partial charge in [-0.1, -0.05) is 48.5 Å². The van der Waals surface area contributed by atoms with Crippen molar-refractivity contribution in [1.82, 2.24) is 0 Å². The molecule has 0 amide bonds. The van der Waals surface area contributed by atoms with Crippen LogP contribution >= 0.6 is 0 Å². The number of anilines is 4. The van der Waals surface area contributed by atoms with Crippen molar-refractivity contribution >= 4 is 22.7 Å². The third kappa shape index (κ3) is 6.65. The highest BCUT2D eigenvalue weighted by atomic mass is 16.7. The van der Waals surface area contributed by atoms with E-state index in [0.717, 1.165) is 89.0 Å². The first-order valence-corrected chi connectivity index (χ1v) is 24.2. The van der Waals surface area contributed by atoms with Gasteiger partial charge in [0.05, 0.1) is 0 Å². The molecule has 1 aliphatic carbocycles. The van der Waals surface area contributed by atoms with E-state index in [1.807, 2.05) is 100 Å². The number of hydrogen-bond acceptors (Lipinski definition) is 12. The second kappa shape index (κ2) is 16.5. The zero-order valence-corrected chi connectivity index (χ0v) is 40.3. The van der Waals surface area contributed by atoms with Crippen molar-refractivity contribution in [3.63, 3.8) is 0 Å². The lowest BCUT2D eigenvalue weighted by atomic mass is 9.73. The average molecular weight is 957 g/mol. The van der Waals surface area contributed by atoms with Gasteiger partial charge in [0, 0.05) is 113 Å². The molecule has 0 unspecified atom stereocenters. The number of nitrogens with two attached hydrogens (primary N) is 4. The van der Waals surface area contributed by atoms with Crippen LogP contribution in [-0.2, 0) is 0 Å². The van der Waals surface area contributed by atoms with Gasteiger partial charge in [-0.15, -0.1) is 0 Å². The molecule has 0 fully saturated rings. The van der Waals surface area contributed by atoms with E-state index in [1.165, 1.54) is 0 Å². The zero-order chi connectivity index (χ0) is 49.1. The molecule has 8 bridgehead atoms. The van der Waals surface area contributed by atoms with Gasteiger partial charge in [-0.3, -0.25) is 0 Å². The van der Waals surface area contributed by atoms with E-state index < -0.39 is 23.7 Å². The van der Waals surface area contributed by atoms with Crippen LogP contribution in [0.15, 0.2) is 121 Å². The van der Waals surface area contributed by atoms with Gasteiger partial charge in [0.1, 0.15) is 46.0 Å². The molecule has 13 rings (SSSR count). The summed E-state index contributed by atoms with van der Waals surface area (Å²) < 4.78 is 54.6. The Labute approximate surface area is 416 Å². The first-order valence-electron chi connectivity index (χ1n) is 24.2. The lowest BCUT2D eigenvalue weighted by molar-refractivity contribution is 0.0967. The topological polar surface area (TPSA) is 178 Å². The third-order valence-corrected chi connectivity index (χ3v) is 15.2. The van der Waals surface area contributed by atoms with Crippen molar-refractivity contribution in [3.05, 3.63) is 210 Å². The summed E-state index contributed by atoms with van der Waals surface area (Å²) in [5, 5.41) is 0. The van der Waals surface area contributed by atoms with E-state index in [4.69, 9.17) is 60.8 Å². The highest BCUT2D eigenvalue weighted by Gasteiger charge is 2.41.